The Morgan fingerprint density at radius 1 is 1.28 bits per heavy atom. The Hall–Kier alpha value is -2.69. The molecule has 1 heterocycles. The Morgan fingerprint density at radius 2 is 2.00 bits per heavy atom. The first-order chi connectivity index (χ1) is 13.7. The molecule has 0 aliphatic carbocycles. The fraction of sp³-hybridized carbons (Fsp3) is 0.278. The highest BCUT2D eigenvalue weighted by atomic mass is 35.5. The molecule has 0 spiro atoms. The van der Waals surface area contributed by atoms with Gasteiger partial charge in [0.1, 0.15) is 17.4 Å². The van der Waals surface area contributed by atoms with Crippen LogP contribution in [0.2, 0.25) is 5.02 Å². The maximum atomic E-state index is 13.8. The zero-order valence-electron chi connectivity index (χ0n) is 15.6. The quantitative estimate of drug-likeness (QED) is 0.405. The van der Waals surface area contributed by atoms with Crippen molar-refractivity contribution in [1.29, 1.82) is 0 Å². The maximum Gasteiger partial charge on any atom is 0.341 e. The fourth-order valence-electron chi connectivity index (χ4n) is 2.35. The fourth-order valence-corrected chi connectivity index (χ4v) is 3.57. The molecule has 11 heteroatoms. The van der Waals surface area contributed by atoms with Crippen LogP contribution in [-0.2, 0) is 14.3 Å². The molecule has 0 atom stereocenters. The van der Waals surface area contributed by atoms with E-state index in [-0.39, 0.29) is 45.9 Å². The lowest BCUT2D eigenvalue weighted by molar-refractivity contribution is -0.114. The van der Waals surface area contributed by atoms with Crippen LogP contribution in [0, 0.1) is 12.7 Å². The van der Waals surface area contributed by atoms with E-state index in [0.717, 1.165) is 17.4 Å². The van der Waals surface area contributed by atoms with Gasteiger partial charge in [0.15, 0.2) is 0 Å². The van der Waals surface area contributed by atoms with Crippen LogP contribution in [0.1, 0.15) is 25.6 Å². The summed E-state index contributed by atoms with van der Waals surface area (Å²) in [5, 5.41) is 5.49. The number of nitrogens with two attached hydrogens (primary N) is 1. The summed E-state index contributed by atoms with van der Waals surface area (Å²) in [6.45, 7) is 1.43. The number of halogens is 2. The molecule has 1 aromatic carbocycles. The van der Waals surface area contributed by atoms with Crippen molar-refractivity contribution in [3.8, 4) is 0 Å². The molecular formula is C18H19ClFN3O5S. The number of methoxy groups -OCH3 is 1. The molecular weight excluding hydrogens is 425 g/mol. The van der Waals surface area contributed by atoms with Crippen LogP contribution >= 0.6 is 22.9 Å². The van der Waals surface area contributed by atoms with E-state index < -0.39 is 23.6 Å². The van der Waals surface area contributed by atoms with Crippen molar-refractivity contribution in [3.05, 3.63) is 45.0 Å². The number of thiophene rings is 1. The maximum absolute atomic E-state index is 13.8. The first kappa shape index (κ1) is 22.6. The number of ether oxygens (including phenoxy) is 2. The molecule has 8 nitrogen and oxygen atoms in total. The van der Waals surface area contributed by atoms with E-state index in [1.165, 1.54) is 26.2 Å². The van der Waals surface area contributed by atoms with E-state index in [9.17, 15) is 18.8 Å². The lowest BCUT2D eigenvalue weighted by Gasteiger charge is -2.10. The summed E-state index contributed by atoms with van der Waals surface area (Å²) in [4.78, 5) is 36.4. The molecule has 2 aromatic rings. The van der Waals surface area contributed by atoms with Crippen molar-refractivity contribution >= 4 is 51.4 Å². The van der Waals surface area contributed by atoms with E-state index in [0.29, 0.717) is 5.56 Å². The van der Waals surface area contributed by atoms with Gasteiger partial charge < -0.3 is 25.8 Å². The minimum atomic E-state index is -0.736. The van der Waals surface area contributed by atoms with Gasteiger partial charge in [-0.05, 0) is 30.7 Å². The number of hydrogen-bond acceptors (Lipinski definition) is 7. The Balaban J connectivity index is 2.15. The predicted octanol–water partition coefficient (Wildman–Crippen LogP) is 2.80. The minimum absolute atomic E-state index is 0.00130. The molecule has 2 amide bonds. The average Bonchev–Trinajstić information content (AvgIpc) is 2.97. The molecule has 156 valence electrons. The number of anilines is 2. The standard InChI is InChI=1S/C18H19ClFN3O5S/c1-9-14(18(26)28-6-5-27-2)17(29-15(9)16(21)25)23-13(24)8-22-12-4-3-10(19)7-11(12)20/h3-4,7,22H,5-6,8H2,1-2H3,(H2,21,25)(H,23,24). The van der Waals surface area contributed by atoms with E-state index in [4.69, 9.17) is 26.8 Å². The van der Waals surface area contributed by atoms with Gasteiger partial charge in [0, 0.05) is 12.1 Å². The molecule has 4 N–H and O–H groups in total. The van der Waals surface area contributed by atoms with Crippen LogP contribution in [0.15, 0.2) is 18.2 Å². The van der Waals surface area contributed by atoms with E-state index >= 15 is 0 Å². The summed E-state index contributed by atoms with van der Waals surface area (Å²) in [6, 6.07) is 3.97. The molecule has 0 radical (unpaired) electrons. The van der Waals surface area contributed by atoms with Crippen LogP contribution < -0.4 is 16.4 Å². The van der Waals surface area contributed by atoms with Gasteiger partial charge >= 0.3 is 5.97 Å². The second-order valence-electron chi connectivity index (χ2n) is 5.78. The van der Waals surface area contributed by atoms with Crippen LogP contribution in [0.25, 0.3) is 0 Å². The smallest absolute Gasteiger partial charge is 0.341 e. The number of carbonyl (C=O) groups is 3. The van der Waals surface area contributed by atoms with Crippen LogP contribution in [0.4, 0.5) is 15.1 Å². The molecule has 0 saturated carbocycles. The van der Waals surface area contributed by atoms with Crippen molar-refractivity contribution in [3.63, 3.8) is 0 Å². The lowest BCUT2D eigenvalue weighted by Crippen LogP contribution is -2.23. The number of hydrogen-bond donors (Lipinski definition) is 3. The Kier molecular flexibility index (Phi) is 7.94. The third kappa shape index (κ3) is 5.89. The van der Waals surface area contributed by atoms with Crippen molar-refractivity contribution in [2.45, 2.75) is 6.92 Å². The first-order valence-electron chi connectivity index (χ1n) is 8.32. The average molecular weight is 444 g/mol. The Morgan fingerprint density at radius 3 is 2.62 bits per heavy atom. The zero-order valence-corrected chi connectivity index (χ0v) is 17.2. The SMILES string of the molecule is COCCOC(=O)c1c(NC(=O)CNc2ccc(Cl)cc2F)sc(C(N)=O)c1C. The zero-order chi connectivity index (χ0) is 21.6. The van der Waals surface area contributed by atoms with Gasteiger partial charge in [-0.1, -0.05) is 11.6 Å². The highest BCUT2D eigenvalue weighted by Gasteiger charge is 2.25. The highest BCUT2D eigenvalue weighted by Crippen LogP contribution is 2.33. The molecule has 1 aromatic heterocycles. The van der Waals surface area contributed by atoms with Crippen molar-refractivity contribution in [2.75, 3.05) is 37.5 Å². The largest absolute Gasteiger partial charge is 0.460 e. The summed E-state index contributed by atoms with van der Waals surface area (Å²) in [5.41, 5.74) is 5.76. The number of carbonyl (C=O) groups excluding carboxylic acids is 3. The monoisotopic (exact) mass is 443 g/mol. The van der Waals surface area contributed by atoms with Gasteiger partial charge in [0.05, 0.1) is 29.3 Å². The van der Waals surface area contributed by atoms with Gasteiger partial charge in [-0.15, -0.1) is 11.3 Å². The van der Waals surface area contributed by atoms with Gasteiger partial charge in [-0.3, -0.25) is 9.59 Å². The molecule has 0 fully saturated rings. The second kappa shape index (κ2) is 10.2. The summed E-state index contributed by atoms with van der Waals surface area (Å²) in [5.74, 6) is -2.64. The molecule has 0 aliphatic heterocycles. The molecule has 2 rings (SSSR count). The van der Waals surface area contributed by atoms with Crippen molar-refractivity contribution in [1.82, 2.24) is 0 Å². The number of nitrogens with one attached hydrogen (secondary N) is 2. The van der Waals surface area contributed by atoms with Gasteiger partial charge in [-0.25, -0.2) is 9.18 Å². The molecule has 0 saturated heterocycles. The van der Waals surface area contributed by atoms with Gasteiger partial charge in [-0.2, -0.15) is 0 Å². The van der Waals surface area contributed by atoms with Crippen LogP contribution in [0.5, 0.6) is 0 Å². The topological polar surface area (TPSA) is 120 Å². The van der Waals surface area contributed by atoms with E-state index in [1.807, 2.05) is 0 Å². The van der Waals surface area contributed by atoms with Crippen LogP contribution in [0.3, 0.4) is 0 Å². The van der Waals surface area contributed by atoms with Crippen molar-refractivity contribution in [2.24, 2.45) is 5.73 Å². The number of rotatable bonds is 9. The Bertz CT molecular complexity index is 934. The number of benzene rings is 1. The normalized spacial score (nSPS) is 10.5. The van der Waals surface area contributed by atoms with Crippen molar-refractivity contribution < 1.29 is 28.2 Å². The van der Waals surface area contributed by atoms with Crippen LogP contribution in [-0.4, -0.2) is 44.7 Å². The number of primary amides is 1. The molecule has 0 aliphatic rings. The second-order valence-corrected chi connectivity index (χ2v) is 7.24. The number of amides is 2. The summed E-state index contributed by atoms with van der Waals surface area (Å²) < 4.78 is 23.7. The first-order valence-corrected chi connectivity index (χ1v) is 9.52. The predicted molar refractivity (Wildman–Crippen MR) is 108 cm³/mol. The van der Waals surface area contributed by atoms with Gasteiger partial charge in [0.25, 0.3) is 5.91 Å². The third-order valence-corrected chi connectivity index (χ3v) is 5.18. The van der Waals surface area contributed by atoms with Gasteiger partial charge in [0.2, 0.25) is 5.91 Å². The highest BCUT2D eigenvalue weighted by molar-refractivity contribution is 7.18. The summed E-state index contributed by atoms with van der Waals surface area (Å²) in [6.07, 6.45) is 0. The van der Waals surface area contributed by atoms with E-state index in [2.05, 4.69) is 10.6 Å². The molecule has 0 unspecified atom stereocenters. The van der Waals surface area contributed by atoms with E-state index in [1.54, 1.807) is 0 Å². The molecule has 0 bridgehead atoms. The number of esters is 1. The summed E-state index contributed by atoms with van der Waals surface area (Å²) >= 11 is 6.55. The molecule has 29 heavy (non-hydrogen) atoms. The third-order valence-electron chi connectivity index (χ3n) is 3.72. The summed E-state index contributed by atoms with van der Waals surface area (Å²) in [7, 11) is 1.46. The Labute approximate surface area is 175 Å². The lowest BCUT2D eigenvalue weighted by atomic mass is 10.1. The minimum Gasteiger partial charge on any atom is -0.460 e.